The van der Waals surface area contributed by atoms with Gasteiger partial charge in [0, 0.05) is 25.9 Å². The van der Waals surface area contributed by atoms with Gasteiger partial charge >= 0.3 is 0 Å². The SMILES string of the molecule is [B]Cc1nn(Cc2csc3ccc(Cl)cc23)c(=O)c2cscc12. The average Bonchev–Trinajstić information content (AvgIpc) is 3.18. The van der Waals surface area contributed by atoms with Gasteiger partial charge in [0.15, 0.2) is 0 Å². The molecule has 0 aliphatic rings. The third-order valence-corrected chi connectivity index (χ3v) is 5.80. The van der Waals surface area contributed by atoms with Crippen molar-refractivity contribution >= 4 is 63.0 Å². The van der Waals surface area contributed by atoms with Crippen LogP contribution in [0, 0.1) is 0 Å². The summed E-state index contributed by atoms with van der Waals surface area (Å²) in [5, 5.41) is 13.6. The van der Waals surface area contributed by atoms with Crippen molar-refractivity contribution in [2.24, 2.45) is 0 Å². The molecule has 0 N–H and O–H groups in total. The molecule has 0 aliphatic heterocycles. The van der Waals surface area contributed by atoms with Crippen LogP contribution in [0.4, 0.5) is 0 Å². The summed E-state index contributed by atoms with van der Waals surface area (Å²) in [6, 6.07) is 5.80. The monoisotopic (exact) mass is 356 g/mol. The molecule has 0 spiro atoms. The van der Waals surface area contributed by atoms with Crippen molar-refractivity contribution in [2.45, 2.75) is 12.9 Å². The molecule has 3 heterocycles. The quantitative estimate of drug-likeness (QED) is 0.519. The van der Waals surface area contributed by atoms with E-state index >= 15 is 0 Å². The van der Waals surface area contributed by atoms with Crippen molar-refractivity contribution < 1.29 is 0 Å². The number of nitrogens with zero attached hydrogens (tertiary/aromatic N) is 2. The Bertz CT molecular complexity index is 1080. The number of fused-ring (bicyclic) bond motifs is 2. The van der Waals surface area contributed by atoms with Crippen molar-refractivity contribution in [1.29, 1.82) is 0 Å². The molecular formula is C16H10BClN2OS2. The van der Waals surface area contributed by atoms with E-state index in [1.165, 1.54) is 16.0 Å². The third-order valence-electron chi connectivity index (χ3n) is 3.81. The predicted octanol–water partition coefficient (Wildman–Crippen LogP) is 4.04. The summed E-state index contributed by atoms with van der Waals surface area (Å²) < 4.78 is 2.65. The van der Waals surface area contributed by atoms with E-state index in [9.17, 15) is 4.79 Å². The minimum atomic E-state index is -0.0835. The highest BCUT2D eigenvalue weighted by Gasteiger charge is 2.12. The molecule has 0 aliphatic carbocycles. The largest absolute Gasteiger partial charge is 0.275 e. The Morgan fingerprint density at radius 3 is 2.83 bits per heavy atom. The Balaban J connectivity index is 1.87. The van der Waals surface area contributed by atoms with E-state index in [0.29, 0.717) is 23.3 Å². The summed E-state index contributed by atoms with van der Waals surface area (Å²) in [5.74, 6) is 0. The molecule has 0 fully saturated rings. The molecule has 7 heteroatoms. The topological polar surface area (TPSA) is 34.9 Å². The number of rotatable bonds is 3. The zero-order valence-corrected chi connectivity index (χ0v) is 14.3. The van der Waals surface area contributed by atoms with Gasteiger partial charge in [-0.2, -0.15) is 16.4 Å². The fourth-order valence-corrected chi connectivity index (χ4v) is 4.60. The van der Waals surface area contributed by atoms with E-state index in [2.05, 4.69) is 10.5 Å². The second-order valence-electron chi connectivity index (χ2n) is 5.21. The fourth-order valence-electron chi connectivity index (χ4n) is 2.67. The first-order valence-electron chi connectivity index (χ1n) is 6.99. The van der Waals surface area contributed by atoms with Crippen molar-refractivity contribution in [1.82, 2.24) is 9.78 Å². The maximum absolute atomic E-state index is 12.6. The highest BCUT2D eigenvalue weighted by molar-refractivity contribution is 7.17. The van der Waals surface area contributed by atoms with Gasteiger partial charge in [0.05, 0.1) is 25.5 Å². The third kappa shape index (κ3) is 2.51. The summed E-state index contributed by atoms with van der Waals surface area (Å²) >= 11 is 9.23. The molecule has 1 aromatic carbocycles. The highest BCUT2D eigenvalue weighted by atomic mass is 35.5. The summed E-state index contributed by atoms with van der Waals surface area (Å²) in [7, 11) is 5.79. The second-order valence-corrected chi connectivity index (χ2v) is 7.31. The van der Waals surface area contributed by atoms with Gasteiger partial charge in [0.2, 0.25) is 0 Å². The zero-order chi connectivity index (χ0) is 16.0. The first-order valence-corrected chi connectivity index (χ1v) is 9.19. The molecule has 2 radical (unpaired) electrons. The minimum Gasteiger partial charge on any atom is -0.267 e. The van der Waals surface area contributed by atoms with Gasteiger partial charge in [-0.3, -0.25) is 4.79 Å². The number of hydrogen-bond acceptors (Lipinski definition) is 4. The van der Waals surface area contributed by atoms with E-state index in [4.69, 9.17) is 19.4 Å². The lowest BCUT2D eigenvalue weighted by Gasteiger charge is -2.08. The van der Waals surface area contributed by atoms with Gasteiger partial charge < -0.3 is 0 Å². The predicted molar refractivity (Wildman–Crippen MR) is 99.3 cm³/mol. The molecule has 4 aromatic rings. The molecular weight excluding hydrogens is 347 g/mol. The van der Waals surface area contributed by atoms with Crippen LogP contribution in [0.1, 0.15) is 11.3 Å². The number of thiophene rings is 2. The van der Waals surface area contributed by atoms with Crippen LogP contribution < -0.4 is 5.56 Å². The van der Waals surface area contributed by atoms with E-state index < -0.39 is 0 Å². The number of hydrogen-bond donors (Lipinski definition) is 0. The van der Waals surface area contributed by atoms with Crippen LogP contribution in [-0.4, -0.2) is 17.6 Å². The van der Waals surface area contributed by atoms with Gasteiger partial charge in [0.1, 0.15) is 0 Å². The molecule has 0 saturated heterocycles. The molecule has 0 saturated carbocycles. The van der Waals surface area contributed by atoms with Crippen molar-refractivity contribution in [3.63, 3.8) is 0 Å². The van der Waals surface area contributed by atoms with E-state index in [-0.39, 0.29) is 5.56 Å². The highest BCUT2D eigenvalue weighted by Crippen LogP contribution is 2.29. The van der Waals surface area contributed by atoms with Crippen LogP contribution in [0.2, 0.25) is 5.02 Å². The lowest BCUT2D eigenvalue weighted by atomic mass is 9.99. The summed E-state index contributed by atoms with van der Waals surface area (Å²) in [4.78, 5) is 12.6. The molecule has 4 rings (SSSR count). The van der Waals surface area contributed by atoms with E-state index in [0.717, 1.165) is 26.7 Å². The van der Waals surface area contributed by atoms with Gasteiger partial charge in [-0.1, -0.05) is 11.6 Å². The summed E-state index contributed by atoms with van der Waals surface area (Å²) in [6.45, 7) is 0.415. The minimum absolute atomic E-state index is 0.0835. The Kier molecular flexibility index (Phi) is 3.75. The van der Waals surface area contributed by atoms with Crippen LogP contribution in [0.3, 0.4) is 0 Å². The molecule has 112 valence electrons. The smallest absolute Gasteiger partial charge is 0.267 e. The van der Waals surface area contributed by atoms with Gasteiger partial charge in [0.25, 0.3) is 5.56 Å². The lowest BCUT2D eigenvalue weighted by Crippen LogP contribution is -2.24. The molecule has 23 heavy (non-hydrogen) atoms. The normalized spacial score (nSPS) is 11.5. The van der Waals surface area contributed by atoms with E-state index in [1.54, 1.807) is 11.3 Å². The van der Waals surface area contributed by atoms with Gasteiger partial charge in [-0.15, -0.1) is 11.3 Å². The Morgan fingerprint density at radius 2 is 2.00 bits per heavy atom. The van der Waals surface area contributed by atoms with Crippen LogP contribution >= 0.6 is 34.3 Å². The Morgan fingerprint density at radius 1 is 1.17 bits per heavy atom. The molecule has 0 unspecified atom stereocenters. The van der Waals surface area contributed by atoms with Crippen molar-refractivity contribution in [3.05, 3.63) is 61.0 Å². The van der Waals surface area contributed by atoms with Gasteiger partial charge in [-0.25, -0.2) is 4.68 Å². The number of aromatic nitrogens is 2. The first-order chi connectivity index (χ1) is 11.2. The summed E-state index contributed by atoms with van der Waals surface area (Å²) in [6.07, 6.45) is 0.309. The molecule has 0 amide bonds. The second kappa shape index (κ2) is 5.78. The Hall–Kier alpha value is -1.63. The van der Waals surface area contributed by atoms with Gasteiger partial charge in [-0.05, 0) is 40.8 Å². The maximum atomic E-state index is 12.6. The standard InChI is InChI=1S/C16H10BClN2OS2/c17-4-14-12-7-22-8-13(12)16(21)20(19-14)5-9-6-23-15-2-1-10(18)3-11(9)15/h1-3,6-8H,4-5H2. The van der Waals surface area contributed by atoms with E-state index in [1.807, 2.05) is 29.0 Å². The first kappa shape index (κ1) is 14.9. The van der Waals surface area contributed by atoms with Crippen LogP contribution in [0.25, 0.3) is 20.9 Å². The molecule has 3 aromatic heterocycles. The molecule has 0 atom stereocenters. The Labute approximate surface area is 146 Å². The van der Waals surface area contributed by atoms with Crippen LogP contribution in [-0.2, 0) is 12.9 Å². The zero-order valence-electron chi connectivity index (χ0n) is 12.0. The lowest BCUT2D eigenvalue weighted by molar-refractivity contribution is 0.640. The average molecular weight is 357 g/mol. The van der Waals surface area contributed by atoms with Crippen LogP contribution in [0.5, 0.6) is 0 Å². The molecule has 0 bridgehead atoms. The maximum Gasteiger partial charge on any atom is 0.275 e. The van der Waals surface area contributed by atoms with Crippen molar-refractivity contribution in [2.75, 3.05) is 0 Å². The summed E-state index contributed by atoms with van der Waals surface area (Å²) in [5.41, 5.74) is 1.71. The molecule has 3 nitrogen and oxygen atoms in total. The fraction of sp³-hybridized carbons (Fsp3) is 0.125. The number of benzene rings is 1. The number of halogens is 1. The van der Waals surface area contributed by atoms with Crippen LogP contribution in [0.15, 0.2) is 39.1 Å². The van der Waals surface area contributed by atoms with Crippen molar-refractivity contribution in [3.8, 4) is 0 Å².